The summed E-state index contributed by atoms with van der Waals surface area (Å²) in [6.45, 7) is 0.644. The molecular formula is C15H19NO5. The molecule has 1 aliphatic carbocycles. The predicted molar refractivity (Wildman–Crippen MR) is 74.7 cm³/mol. The summed E-state index contributed by atoms with van der Waals surface area (Å²) in [7, 11) is 0. The Hall–Kier alpha value is -1.60. The number of ketones is 2. The van der Waals surface area contributed by atoms with Crippen LogP contribution in [0.15, 0.2) is 24.3 Å². The fourth-order valence-corrected chi connectivity index (χ4v) is 2.82. The van der Waals surface area contributed by atoms with Gasteiger partial charge in [-0.2, -0.15) is 0 Å². The zero-order valence-corrected chi connectivity index (χ0v) is 11.7. The van der Waals surface area contributed by atoms with Crippen molar-refractivity contribution in [3.63, 3.8) is 0 Å². The molecule has 0 heterocycles. The largest absolute Gasteiger partial charge is 0.393 e. The molecule has 5 N–H and O–H groups in total. The normalized spacial score (nSPS) is 32.4. The highest BCUT2D eigenvalue weighted by atomic mass is 16.4. The van der Waals surface area contributed by atoms with Crippen LogP contribution < -0.4 is 5.73 Å². The molecule has 0 saturated heterocycles. The smallest absolute Gasteiger partial charge is 0.196 e. The van der Waals surface area contributed by atoms with Crippen molar-refractivity contribution < 1.29 is 24.9 Å². The molecule has 1 aliphatic rings. The number of carbonyl (C=O) groups excluding carboxylic acids is 2. The van der Waals surface area contributed by atoms with Crippen molar-refractivity contribution in [1.29, 1.82) is 0 Å². The van der Waals surface area contributed by atoms with Crippen LogP contribution in [0.4, 0.5) is 0 Å². The molecule has 0 spiro atoms. The Morgan fingerprint density at radius 2 is 2.10 bits per heavy atom. The van der Waals surface area contributed by atoms with E-state index in [-0.39, 0.29) is 12.2 Å². The van der Waals surface area contributed by atoms with Crippen LogP contribution in [-0.4, -0.2) is 51.2 Å². The third-order valence-corrected chi connectivity index (χ3v) is 4.17. The maximum atomic E-state index is 11.9. The minimum atomic E-state index is -2.05. The number of rotatable bonds is 4. The molecule has 21 heavy (non-hydrogen) atoms. The average Bonchev–Trinajstić information content (AvgIpc) is 2.63. The quantitative estimate of drug-likeness (QED) is 0.531. The van der Waals surface area contributed by atoms with Crippen molar-refractivity contribution in [2.75, 3.05) is 6.61 Å². The molecule has 1 aromatic carbocycles. The summed E-state index contributed by atoms with van der Waals surface area (Å²) in [5.41, 5.74) is 4.97. The number of hydrogen-bond donors (Lipinski definition) is 4. The highest BCUT2D eigenvalue weighted by Gasteiger charge is 2.57. The Morgan fingerprint density at radius 1 is 1.43 bits per heavy atom. The molecule has 6 nitrogen and oxygen atoms in total. The summed E-state index contributed by atoms with van der Waals surface area (Å²) in [4.78, 5) is 23.2. The standard InChI is InChI=1S/C15H19NO5/c1-8(18)10-4-2-3-9(5-10)6-11-12(16)13(19)14(20)15(11,21)7-17/h2-5,11-13,17,19,21H,6-7,16H2,1H3/t11-,12-,13+,15+/m0/s1. The molecule has 6 heteroatoms. The first-order valence-electron chi connectivity index (χ1n) is 6.72. The molecule has 0 unspecified atom stereocenters. The van der Waals surface area contributed by atoms with Gasteiger partial charge in [-0.1, -0.05) is 18.2 Å². The van der Waals surface area contributed by atoms with Gasteiger partial charge in [-0.15, -0.1) is 0 Å². The van der Waals surface area contributed by atoms with E-state index in [1.54, 1.807) is 24.3 Å². The zero-order valence-electron chi connectivity index (χ0n) is 11.7. The second-order valence-electron chi connectivity index (χ2n) is 5.54. The van der Waals surface area contributed by atoms with Crippen LogP contribution in [0.2, 0.25) is 0 Å². The van der Waals surface area contributed by atoms with Crippen molar-refractivity contribution in [2.45, 2.75) is 31.1 Å². The van der Waals surface area contributed by atoms with E-state index >= 15 is 0 Å². The second-order valence-corrected chi connectivity index (χ2v) is 5.54. The van der Waals surface area contributed by atoms with Gasteiger partial charge in [-0.25, -0.2) is 0 Å². The molecule has 0 bridgehead atoms. The first kappa shape index (κ1) is 15.8. The van der Waals surface area contributed by atoms with Crippen LogP contribution in [0.3, 0.4) is 0 Å². The van der Waals surface area contributed by atoms with E-state index in [0.29, 0.717) is 11.1 Å². The Balaban J connectivity index is 2.31. The van der Waals surface area contributed by atoms with Gasteiger partial charge in [-0.05, 0) is 25.0 Å². The summed E-state index contributed by atoms with van der Waals surface area (Å²) in [5.74, 6) is -1.77. The van der Waals surface area contributed by atoms with Crippen molar-refractivity contribution in [1.82, 2.24) is 0 Å². The van der Waals surface area contributed by atoms with Gasteiger partial charge >= 0.3 is 0 Å². The number of aliphatic hydroxyl groups excluding tert-OH is 2. The Labute approximate surface area is 122 Å². The molecule has 1 saturated carbocycles. The Morgan fingerprint density at radius 3 is 2.67 bits per heavy atom. The minimum absolute atomic E-state index is 0.0962. The summed E-state index contributed by atoms with van der Waals surface area (Å²) in [6, 6.07) is 5.80. The monoisotopic (exact) mass is 293 g/mol. The SMILES string of the molecule is CC(=O)c1cccc(C[C@H]2[C@H](N)[C@@H](O)C(=O)[C@@]2(O)CO)c1. The Kier molecular flexibility index (Phi) is 4.25. The van der Waals surface area contributed by atoms with E-state index < -0.39 is 36.1 Å². The van der Waals surface area contributed by atoms with Crippen molar-refractivity contribution in [3.05, 3.63) is 35.4 Å². The molecule has 114 valence electrons. The fraction of sp³-hybridized carbons (Fsp3) is 0.467. The van der Waals surface area contributed by atoms with Crippen LogP contribution in [0.25, 0.3) is 0 Å². The summed E-state index contributed by atoms with van der Waals surface area (Å²) in [6.07, 6.45) is -1.31. The predicted octanol–water partition coefficient (Wildman–Crippen LogP) is -0.958. The van der Waals surface area contributed by atoms with E-state index in [4.69, 9.17) is 5.73 Å². The van der Waals surface area contributed by atoms with Gasteiger partial charge in [0.15, 0.2) is 17.2 Å². The molecule has 4 atom stereocenters. The van der Waals surface area contributed by atoms with E-state index in [1.165, 1.54) is 6.92 Å². The van der Waals surface area contributed by atoms with Crippen LogP contribution in [0, 0.1) is 5.92 Å². The van der Waals surface area contributed by atoms with Crippen molar-refractivity contribution in [2.24, 2.45) is 11.7 Å². The number of Topliss-reactive ketones (excluding diaryl/α,β-unsaturated/α-hetero) is 2. The van der Waals surface area contributed by atoms with Gasteiger partial charge in [0.05, 0.1) is 6.61 Å². The lowest BCUT2D eigenvalue weighted by molar-refractivity contribution is -0.146. The van der Waals surface area contributed by atoms with E-state index in [2.05, 4.69) is 0 Å². The summed E-state index contributed by atoms with van der Waals surface area (Å²) >= 11 is 0. The van der Waals surface area contributed by atoms with Crippen molar-refractivity contribution in [3.8, 4) is 0 Å². The molecule has 0 aliphatic heterocycles. The molecule has 1 fully saturated rings. The second kappa shape index (κ2) is 5.65. The molecule has 0 radical (unpaired) electrons. The number of hydrogen-bond acceptors (Lipinski definition) is 6. The highest BCUT2D eigenvalue weighted by Crippen LogP contribution is 2.34. The topological polar surface area (TPSA) is 121 Å². The van der Waals surface area contributed by atoms with Crippen LogP contribution in [0.5, 0.6) is 0 Å². The minimum Gasteiger partial charge on any atom is -0.393 e. The number of aliphatic hydroxyl groups is 3. The highest BCUT2D eigenvalue weighted by molar-refractivity contribution is 5.95. The first-order chi connectivity index (χ1) is 9.81. The summed E-state index contributed by atoms with van der Waals surface area (Å²) in [5, 5.41) is 29.4. The maximum Gasteiger partial charge on any atom is 0.196 e. The van der Waals surface area contributed by atoms with Crippen LogP contribution >= 0.6 is 0 Å². The number of benzene rings is 1. The van der Waals surface area contributed by atoms with Crippen LogP contribution in [0.1, 0.15) is 22.8 Å². The van der Waals surface area contributed by atoms with Gasteiger partial charge in [0, 0.05) is 17.5 Å². The number of nitrogens with two attached hydrogens (primary N) is 1. The lowest BCUT2D eigenvalue weighted by Gasteiger charge is -2.28. The fourth-order valence-electron chi connectivity index (χ4n) is 2.82. The van der Waals surface area contributed by atoms with E-state index in [9.17, 15) is 24.9 Å². The molecule has 2 rings (SSSR count). The van der Waals surface area contributed by atoms with Gasteiger partial charge < -0.3 is 21.1 Å². The van der Waals surface area contributed by atoms with E-state index in [0.717, 1.165) is 0 Å². The third-order valence-electron chi connectivity index (χ3n) is 4.17. The van der Waals surface area contributed by atoms with Gasteiger partial charge in [0.1, 0.15) is 6.10 Å². The molecule has 1 aromatic rings. The van der Waals surface area contributed by atoms with Gasteiger partial charge in [0.25, 0.3) is 0 Å². The lowest BCUT2D eigenvalue weighted by atomic mass is 9.84. The average molecular weight is 293 g/mol. The molecule has 0 amide bonds. The first-order valence-corrected chi connectivity index (χ1v) is 6.72. The molecular weight excluding hydrogens is 274 g/mol. The van der Waals surface area contributed by atoms with Gasteiger partial charge in [0.2, 0.25) is 0 Å². The summed E-state index contributed by atoms with van der Waals surface area (Å²) < 4.78 is 0. The van der Waals surface area contributed by atoms with Crippen molar-refractivity contribution >= 4 is 11.6 Å². The maximum absolute atomic E-state index is 11.9. The Bertz CT molecular complexity index is 573. The zero-order chi connectivity index (χ0) is 15.8. The third kappa shape index (κ3) is 2.63. The van der Waals surface area contributed by atoms with Gasteiger partial charge in [-0.3, -0.25) is 9.59 Å². The van der Waals surface area contributed by atoms with Crippen LogP contribution in [-0.2, 0) is 11.2 Å². The lowest BCUT2D eigenvalue weighted by Crippen LogP contribution is -2.47. The molecule has 0 aromatic heterocycles. The number of carbonyl (C=O) groups is 2. The van der Waals surface area contributed by atoms with E-state index in [1.807, 2.05) is 0 Å².